The van der Waals surface area contributed by atoms with Gasteiger partial charge in [-0.05, 0) is 39.8 Å². The lowest BCUT2D eigenvalue weighted by molar-refractivity contribution is 0.127. The highest BCUT2D eigenvalue weighted by atomic mass is 32.2. The van der Waals surface area contributed by atoms with Crippen LogP contribution in [0.3, 0.4) is 0 Å². The Labute approximate surface area is 124 Å². The van der Waals surface area contributed by atoms with Gasteiger partial charge in [-0.3, -0.25) is 4.21 Å². The van der Waals surface area contributed by atoms with Crippen LogP contribution in [0.25, 0.3) is 0 Å². The second kappa shape index (κ2) is 6.83. The molecule has 0 spiro atoms. The highest BCUT2D eigenvalue weighted by molar-refractivity contribution is 7.85. The number of aryl methyl sites for hydroxylation is 2. The van der Waals surface area contributed by atoms with Crippen LogP contribution in [0.5, 0.6) is 0 Å². The fourth-order valence-electron chi connectivity index (χ4n) is 2.90. The minimum atomic E-state index is -0.857. The average molecular weight is 295 g/mol. The summed E-state index contributed by atoms with van der Waals surface area (Å²) in [7, 11) is 1.08. The summed E-state index contributed by atoms with van der Waals surface area (Å²) in [5.41, 5.74) is 3.73. The third-order valence-corrected chi connectivity index (χ3v) is 5.93. The van der Waals surface area contributed by atoms with Crippen molar-refractivity contribution in [1.82, 2.24) is 5.32 Å². The first-order chi connectivity index (χ1) is 9.51. The van der Waals surface area contributed by atoms with Crippen molar-refractivity contribution in [3.63, 3.8) is 0 Å². The molecule has 0 radical (unpaired) electrons. The van der Waals surface area contributed by atoms with Gasteiger partial charge in [-0.25, -0.2) is 0 Å². The summed E-state index contributed by atoms with van der Waals surface area (Å²) < 4.78 is 18.1. The van der Waals surface area contributed by atoms with E-state index >= 15 is 0 Å². The van der Waals surface area contributed by atoms with Crippen molar-refractivity contribution in [3.05, 3.63) is 34.9 Å². The van der Waals surface area contributed by atoms with Crippen LogP contribution in [0.2, 0.25) is 0 Å². The second-order valence-electron chi connectivity index (χ2n) is 5.71. The first-order valence-electron chi connectivity index (χ1n) is 7.25. The van der Waals surface area contributed by atoms with E-state index in [1.807, 2.05) is 14.0 Å². The van der Waals surface area contributed by atoms with E-state index in [-0.39, 0.29) is 17.4 Å². The predicted octanol–water partition coefficient (Wildman–Crippen LogP) is 2.49. The van der Waals surface area contributed by atoms with Gasteiger partial charge in [-0.1, -0.05) is 29.3 Å². The lowest BCUT2D eigenvalue weighted by Gasteiger charge is -2.21. The SMILES string of the molecule is CNC(CS(=O)C1CCOC1C)c1cc(C)cc(C)c1. The summed E-state index contributed by atoms with van der Waals surface area (Å²) >= 11 is 0. The zero-order valence-electron chi connectivity index (χ0n) is 12.8. The summed E-state index contributed by atoms with van der Waals surface area (Å²) in [5, 5.41) is 3.49. The largest absolute Gasteiger partial charge is 0.377 e. The lowest BCUT2D eigenvalue weighted by atomic mass is 10.0. The molecule has 0 saturated carbocycles. The molecule has 1 saturated heterocycles. The number of rotatable bonds is 5. The van der Waals surface area contributed by atoms with Crippen molar-refractivity contribution in [2.45, 2.75) is 44.6 Å². The van der Waals surface area contributed by atoms with Gasteiger partial charge in [-0.2, -0.15) is 0 Å². The van der Waals surface area contributed by atoms with Gasteiger partial charge in [0.15, 0.2) is 0 Å². The maximum Gasteiger partial charge on any atom is 0.0691 e. The summed E-state index contributed by atoms with van der Waals surface area (Å²) in [6, 6.07) is 6.67. The first-order valence-corrected chi connectivity index (χ1v) is 8.63. The molecule has 4 unspecified atom stereocenters. The van der Waals surface area contributed by atoms with Crippen molar-refractivity contribution < 1.29 is 8.95 Å². The molecule has 1 N–H and O–H groups in total. The maximum atomic E-state index is 12.6. The molecule has 112 valence electrons. The molecule has 4 atom stereocenters. The second-order valence-corrected chi connectivity index (χ2v) is 7.41. The van der Waals surface area contributed by atoms with Crippen LogP contribution >= 0.6 is 0 Å². The van der Waals surface area contributed by atoms with Crippen LogP contribution in [-0.4, -0.2) is 35.0 Å². The summed E-state index contributed by atoms with van der Waals surface area (Å²) in [6.45, 7) is 6.98. The maximum absolute atomic E-state index is 12.6. The first kappa shape index (κ1) is 15.7. The van der Waals surface area contributed by atoms with E-state index in [4.69, 9.17) is 4.74 Å². The van der Waals surface area contributed by atoms with Gasteiger partial charge in [0.2, 0.25) is 0 Å². The van der Waals surface area contributed by atoms with E-state index in [0.717, 1.165) is 13.0 Å². The van der Waals surface area contributed by atoms with Gasteiger partial charge >= 0.3 is 0 Å². The molecule has 0 amide bonds. The summed E-state index contributed by atoms with van der Waals surface area (Å²) in [4.78, 5) is 0. The zero-order chi connectivity index (χ0) is 14.7. The molecule has 1 aromatic carbocycles. The van der Waals surface area contributed by atoms with Crippen LogP contribution in [-0.2, 0) is 15.5 Å². The molecular formula is C16H25NO2S. The fraction of sp³-hybridized carbons (Fsp3) is 0.625. The monoisotopic (exact) mass is 295 g/mol. The Morgan fingerprint density at radius 1 is 1.35 bits per heavy atom. The minimum Gasteiger partial charge on any atom is -0.377 e. The quantitative estimate of drug-likeness (QED) is 0.907. The Bertz CT molecular complexity index is 469. The van der Waals surface area contributed by atoms with E-state index in [0.29, 0.717) is 5.75 Å². The Morgan fingerprint density at radius 3 is 2.50 bits per heavy atom. The Kier molecular flexibility index (Phi) is 5.35. The van der Waals surface area contributed by atoms with Gasteiger partial charge in [0.25, 0.3) is 0 Å². The van der Waals surface area contributed by atoms with Gasteiger partial charge in [0.1, 0.15) is 0 Å². The highest BCUT2D eigenvalue weighted by Gasteiger charge is 2.30. The summed E-state index contributed by atoms with van der Waals surface area (Å²) in [6.07, 6.45) is 1.03. The van der Waals surface area contributed by atoms with Gasteiger partial charge in [-0.15, -0.1) is 0 Å². The summed E-state index contributed by atoms with van der Waals surface area (Å²) in [5.74, 6) is 0.651. The molecule has 1 fully saturated rings. The van der Waals surface area contributed by atoms with Crippen LogP contribution in [0.15, 0.2) is 18.2 Å². The van der Waals surface area contributed by atoms with Crippen molar-refractivity contribution in [2.75, 3.05) is 19.4 Å². The molecule has 1 aliphatic rings. The van der Waals surface area contributed by atoms with E-state index in [9.17, 15) is 4.21 Å². The van der Waals surface area contributed by atoms with Crippen LogP contribution in [0.4, 0.5) is 0 Å². The zero-order valence-corrected chi connectivity index (χ0v) is 13.6. The smallest absolute Gasteiger partial charge is 0.0691 e. The molecule has 2 rings (SSSR count). The highest BCUT2D eigenvalue weighted by Crippen LogP contribution is 2.23. The van der Waals surface area contributed by atoms with Crippen molar-refractivity contribution >= 4 is 10.8 Å². The minimum absolute atomic E-state index is 0.118. The third kappa shape index (κ3) is 3.68. The van der Waals surface area contributed by atoms with Crippen molar-refractivity contribution in [3.8, 4) is 0 Å². The fourth-order valence-corrected chi connectivity index (χ4v) is 4.70. The number of nitrogens with one attached hydrogen (secondary N) is 1. The van der Waals surface area contributed by atoms with Crippen LogP contribution < -0.4 is 5.32 Å². The Morgan fingerprint density at radius 2 is 2.00 bits per heavy atom. The normalized spacial score (nSPS) is 25.6. The Hall–Kier alpha value is -0.710. The third-order valence-electron chi connectivity index (χ3n) is 3.97. The Balaban J connectivity index is 2.10. The lowest BCUT2D eigenvalue weighted by Crippen LogP contribution is -2.31. The molecule has 0 bridgehead atoms. The van der Waals surface area contributed by atoms with Gasteiger partial charge < -0.3 is 10.1 Å². The molecule has 1 aromatic rings. The number of hydrogen-bond donors (Lipinski definition) is 1. The molecule has 1 heterocycles. The van der Waals surface area contributed by atoms with Crippen molar-refractivity contribution in [2.24, 2.45) is 0 Å². The van der Waals surface area contributed by atoms with E-state index in [2.05, 4.69) is 37.4 Å². The van der Waals surface area contributed by atoms with E-state index in [1.165, 1.54) is 16.7 Å². The molecule has 0 aliphatic carbocycles. The molecular weight excluding hydrogens is 270 g/mol. The molecule has 1 aliphatic heterocycles. The number of benzene rings is 1. The predicted molar refractivity (Wildman–Crippen MR) is 84.5 cm³/mol. The molecule has 4 heteroatoms. The van der Waals surface area contributed by atoms with Gasteiger partial charge in [0, 0.05) is 29.2 Å². The van der Waals surface area contributed by atoms with E-state index < -0.39 is 10.8 Å². The topological polar surface area (TPSA) is 38.3 Å². The van der Waals surface area contributed by atoms with E-state index in [1.54, 1.807) is 0 Å². The van der Waals surface area contributed by atoms with Crippen LogP contribution in [0.1, 0.15) is 36.1 Å². The van der Waals surface area contributed by atoms with Crippen LogP contribution in [0, 0.1) is 13.8 Å². The standard InChI is InChI=1S/C16H25NO2S/c1-11-7-12(2)9-14(8-11)15(17-4)10-20(18)16-5-6-19-13(16)3/h7-9,13,15-17H,5-6,10H2,1-4H3. The number of hydrogen-bond acceptors (Lipinski definition) is 3. The number of ether oxygens (including phenoxy) is 1. The average Bonchev–Trinajstić information content (AvgIpc) is 2.80. The molecule has 3 nitrogen and oxygen atoms in total. The van der Waals surface area contributed by atoms with Gasteiger partial charge in [0.05, 0.1) is 11.4 Å². The molecule has 0 aromatic heterocycles. The molecule has 20 heavy (non-hydrogen) atoms. The van der Waals surface area contributed by atoms with Crippen molar-refractivity contribution in [1.29, 1.82) is 0 Å².